The van der Waals surface area contributed by atoms with Crippen molar-refractivity contribution >= 4 is 22.3 Å². The summed E-state index contributed by atoms with van der Waals surface area (Å²) in [5, 5.41) is 0.463. The molecule has 0 amide bonds. The van der Waals surface area contributed by atoms with Crippen LogP contribution in [0.4, 0.5) is 11.4 Å². The van der Waals surface area contributed by atoms with Gasteiger partial charge in [-0.15, -0.1) is 0 Å². The Hall–Kier alpha value is -3.93. The number of methoxy groups -OCH3 is 1. The first-order valence-corrected chi connectivity index (χ1v) is 8.59. The van der Waals surface area contributed by atoms with Crippen LogP contribution in [0.15, 0.2) is 75.9 Å². The maximum atomic E-state index is 12.5. The number of hydrogen-bond acceptors (Lipinski definition) is 6. The summed E-state index contributed by atoms with van der Waals surface area (Å²) in [5.41, 5.74) is 13.8. The summed E-state index contributed by atoms with van der Waals surface area (Å²) in [6.07, 6.45) is 0. The van der Waals surface area contributed by atoms with E-state index in [9.17, 15) is 4.79 Å². The zero-order valence-electron chi connectivity index (χ0n) is 15.1. The Labute approximate surface area is 160 Å². The number of benzene rings is 3. The minimum Gasteiger partial charge on any atom is -0.497 e. The smallest absolute Gasteiger partial charge is 0.193 e. The molecule has 0 aliphatic rings. The van der Waals surface area contributed by atoms with Crippen LogP contribution in [0.5, 0.6) is 17.2 Å². The number of anilines is 2. The van der Waals surface area contributed by atoms with Gasteiger partial charge in [-0.25, -0.2) is 0 Å². The third-order valence-electron chi connectivity index (χ3n) is 4.34. The van der Waals surface area contributed by atoms with Crippen molar-refractivity contribution in [2.75, 3.05) is 18.6 Å². The Morgan fingerprint density at radius 2 is 1.61 bits per heavy atom. The van der Waals surface area contributed by atoms with Gasteiger partial charge in [-0.2, -0.15) is 0 Å². The van der Waals surface area contributed by atoms with Gasteiger partial charge in [0, 0.05) is 29.4 Å². The van der Waals surface area contributed by atoms with E-state index in [1.165, 1.54) is 6.07 Å². The largest absolute Gasteiger partial charge is 0.497 e. The molecule has 4 aromatic rings. The first-order chi connectivity index (χ1) is 13.5. The lowest BCUT2D eigenvalue weighted by Crippen LogP contribution is -2.00. The van der Waals surface area contributed by atoms with Crippen LogP contribution in [0.1, 0.15) is 0 Å². The third-order valence-corrected chi connectivity index (χ3v) is 4.34. The fourth-order valence-corrected chi connectivity index (χ4v) is 2.86. The Kier molecular flexibility index (Phi) is 4.37. The van der Waals surface area contributed by atoms with Gasteiger partial charge in [0.15, 0.2) is 11.2 Å². The molecular weight excluding hydrogens is 356 g/mol. The second-order valence-corrected chi connectivity index (χ2v) is 6.26. The molecule has 28 heavy (non-hydrogen) atoms. The van der Waals surface area contributed by atoms with Crippen molar-refractivity contribution < 1.29 is 13.9 Å². The van der Waals surface area contributed by atoms with Gasteiger partial charge in [0.25, 0.3) is 0 Å². The molecule has 140 valence electrons. The molecule has 0 spiro atoms. The standard InChI is InChI=1S/C22H18N2O4/c1-26-15-5-2-13(3-6-15)20-12-19(25)17-8-7-16(11-21(17)28-20)27-22-10-14(23)4-9-18(22)24/h2-12H,23-24H2,1H3. The molecule has 0 bridgehead atoms. The molecule has 0 unspecified atom stereocenters. The number of nitrogens with two attached hydrogens (primary N) is 2. The van der Waals surface area contributed by atoms with E-state index < -0.39 is 0 Å². The van der Waals surface area contributed by atoms with Gasteiger partial charge in [-0.3, -0.25) is 4.79 Å². The Balaban J connectivity index is 1.75. The molecule has 0 fully saturated rings. The minimum absolute atomic E-state index is 0.137. The van der Waals surface area contributed by atoms with E-state index in [1.807, 2.05) is 24.3 Å². The van der Waals surface area contributed by atoms with E-state index >= 15 is 0 Å². The van der Waals surface area contributed by atoms with Crippen molar-refractivity contribution in [3.05, 3.63) is 77.0 Å². The predicted octanol–water partition coefficient (Wildman–Crippen LogP) is 4.43. The van der Waals surface area contributed by atoms with Crippen LogP contribution in [0.25, 0.3) is 22.3 Å². The molecule has 0 atom stereocenters. The van der Waals surface area contributed by atoms with Crippen LogP contribution in [-0.4, -0.2) is 7.11 Å². The van der Waals surface area contributed by atoms with Gasteiger partial charge in [-0.05, 0) is 48.5 Å². The predicted molar refractivity (Wildman–Crippen MR) is 110 cm³/mol. The van der Waals surface area contributed by atoms with Crippen LogP contribution in [0.2, 0.25) is 0 Å². The highest BCUT2D eigenvalue weighted by Crippen LogP contribution is 2.32. The fourth-order valence-electron chi connectivity index (χ4n) is 2.86. The molecule has 6 nitrogen and oxygen atoms in total. The van der Waals surface area contributed by atoms with E-state index in [2.05, 4.69) is 0 Å². The van der Waals surface area contributed by atoms with Gasteiger partial charge in [0.1, 0.15) is 22.8 Å². The summed E-state index contributed by atoms with van der Waals surface area (Å²) in [6, 6.07) is 18.8. The number of nitrogen functional groups attached to an aromatic ring is 2. The summed E-state index contributed by atoms with van der Waals surface area (Å²) in [4.78, 5) is 12.5. The quantitative estimate of drug-likeness (QED) is 0.513. The van der Waals surface area contributed by atoms with E-state index in [0.717, 1.165) is 11.3 Å². The average molecular weight is 374 g/mol. The zero-order valence-corrected chi connectivity index (χ0v) is 15.1. The van der Waals surface area contributed by atoms with Gasteiger partial charge in [-0.1, -0.05) is 0 Å². The molecule has 4 rings (SSSR count). The Morgan fingerprint density at radius 1 is 0.857 bits per heavy atom. The summed E-state index contributed by atoms with van der Waals surface area (Å²) >= 11 is 0. The molecule has 0 aliphatic heterocycles. The Morgan fingerprint density at radius 3 is 2.36 bits per heavy atom. The normalized spacial score (nSPS) is 10.8. The van der Waals surface area contributed by atoms with Crippen molar-refractivity contribution in [1.82, 2.24) is 0 Å². The first kappa shape index (κ1) is 17.5. The third kappa shape index (κ3) is 3.35. The van der Waals surface area contributed by atoms with Crippen LogP contribution in [-0.2, 0) is 0 Å². The van der Waals surface area contributed by atoms with Crippen molar-refractivity contribution in [2.45, 2.75) is 0 Å². The SMILES string of the molecule is COc1ccc(-c2cc(=O)c3ccc(Oc4cc(N)ccc4N)cc3o2)cc1. The van der Waals surface area contributed by atoms with Crippen LogP contribution >= 0.6 is 0 Å². The second kappa shape index (κ2) is 7.00. The topological polar surface area (TPSA) is 101 Å². The molecule has 0 aliphatic carbocycles. The lowest BCUT2D eigenvalue weighted by atomic mass is 10.1. The van der Waals surface area contributed by atoms with Gasteiger partial charge in [0.2, 0.25) is 0 Å². The van der Waals surface area contributed by atoms with E-state index in [1.54, 1.807) is 43.5 Å². The molecule has 3 aromatic carbocycles. The highest BCUT2D eigenvalue weighted by atomic mass is 16.5. The second-order valence-electron chi connectivity index (χ2n) is 6.26. The fraction of sp³-hybridized carbons (Fsp3) is 0.0455. The molecule has 6 heteroatoms. The number of fused-ring (bicyclic) bond motifs is 1. The Bertz CT molecular complexity index is 1210. The highest BCUT2D eigenvalue weighted by Gasteiger charge is 2.10. The number of rotatable bonds is 4. The lowest BCUT2D eigenvalue weighted by Gasteiger charge is -2.10. The first-order valence-electron chi connectivity index (χ1n) is 8.59. The monoisotopic (exact) mass is 374 g/mol. The van der Waals surface area contributed by atoms with Gasteiger partial charge >= 0.3 is 0 Å². The highest BCUT2D eigenvalue weighted by molar-refractivity contribution is 5.80. The molecule has 1 aromatic heterocycles. The van der Waals surface area contributed by atoms with Crippen molar-refractivity contribution in [3.8, 4) is 28.6 Å². The van der Waals surface area contributed by atoms with Crippen LogP contribution < -0.4 is 26.4 Å². The molecular formula is C22H18N2O4. The average Bonchev–Trinajstić information content (AvgIpc) is 2.70. The van der Waals surface area contributed by atoms with E-state index in [4.69, 9.17) is 25.4 Å². The maximum absolute atomic E-state index is 12.5. The molecule has 0 saturated carbocycles. The van der Waals surface area contributed by atoms with Gasteiger partial charge in [0.05, 0.1) is 18.2 Å². The minimum atomic E-state index is -0.137. The molecule has 1 heterocycles. The van der Waals surface area contributed by atoms with Crippen LogP contribution in [0.3, 0.4) is 0 Å². The van der Waals surface area contributed by atoms with E-state index in [0.29, 0.717) is 39.6 Å². The summed E-state index contributed by atoms with van der Waals surface area (Å²) in [6.45, 7) is 0. The maximum Gasteiger partial charge on any atom is 0.193 e. The zero-order chi connectivity index (χ0) is 19.7. The number of hydrogen-bond donors (Lipinski definition) is 2. The van der Waals surface area contributed by atoms with Crippen LogP contribution in [0, 0.1) is 0 Å². The molecule has 0 radical (unpaired) electrons. The van der Waals surface area contributed by atoms with Crippen molar-refractivity contribution in [1.29, 1.82) is 0 Å². The van der Waals surface area contributed by atoms with Crippen molar-refractivity contribution in [3.63, 3.8) is 0 Å². The summed E-state index contributed by atoms with van der Waals surface area (Å²) < 4.78 is 16.9. The number of ether oxygens (including phenoxy) is 2. The van der Waals surface area contributed by atoms with Crippen molar-refractivity contribution in [2.24, 2.45) is 0 Å². The van der Waals surface area contributed by atoms with E-state index in [-0.39, 0.29) is 5.43 Å². The molecule has 0 saturated heterocycles. The van der Waals surface area contributed by atoms with Gasteiger partial charge < -0.3 is 25.4 Å². The summed E-state index contributed by atoms with van der Waals surface area (Å²) in [7, 11) is 1.60. The summed E-state index contributed by atoms with van der Waals surface area (Å²) in [5.74, 6) is 2.11. The lowest BCUT2D eigenvalue weighted by molar-refractivity contribution is 0.415. The molecule has 4 N–H and O–H groups in total.